The summed E-state index contributed by atoms with van der Waals surface area (Å²) in [5.41, 5.74) is 2.24. The second-order valence-electron chi connectivity index (χ2n) is 6.57. The van der Waals surface area contributed by atoms with Crippen molar-refractivity contribution in [2.45, 2.75) is 33.2 Å². The van der Waals surface area contributed by atoms with E-state index in [4.69, 9.17) is 14.2 Å². The van der Waals surface area contributed by atoms with Crippen LogP contribution in [0, 0.1) is 13.8 Å². The number of anilines is 1. The molecule has 0 bridgehead atoms. The van der Waals surface area contributed by atoms with Gasteiger partial charge in [-0.1, -0.05) is 6.07 Å². The summed E-state index contributed by atoms with van der Waals surface area (Å²) in [5.74, 6) is 2.67. The second-order valence-corrected chi connectivity index (χ2v) is 7.77. The van der Waals surface area contributed by atoms with E-state index in [1.165, 1.54) is 17.6 Å². The summed E-state index contributed by atoms with van der Waals surface area (Å²) in [6, 6.07) is 5.89. The molecular formula is C20H21N3O4S. The fraction of sp³-hybridized carbons (Fsp3) is 0.350. The van der Waals surface area contributed by atoms with Gasteiger partial charge in [0.05, 0.1) is 18.9 Å². The smallest absolute Gasteiger partial charge is 0.305 e. The number of esters is 1. The minimum absolute atomic E-state index is 0.257. The molecule has 3 aromatic rings. The van der Waals surface area contributed by atoms with Crippen molar-refractivity contribution in [2.75, 3.05) is 19.2 Å². The van der Waals surface area contributed by atoms with Crippen molar-refractivity contribution in [1.29, 1.82) is 0 Å². The molecule has 8 heteroatoms. The van der Waals surface area contributed by atoms with Gasteiger partial charge in [0.2, 0.25) is 6.79 Å². The lowest BCUT2D eigenvalue weighted by molar-refractivity contribution is -0.140. The lowest BCUT2D eigenvalue weighted by Gasteiger charge is -2.10. The molecule has 0 aliphatic carbocycles. The predicted molar refractivity (Wildman–Crippen MR) is 107 cm³/mol. The molecule has 0 radical (unpaired) electrons. The zero-order valence-corrected chi connectivity index (χ0v) is 16.8. The number of ether oxygens (including phenoxy) is 3. The minimum atomic E-state index is -0.267. The number of nitrogens with one attached hydrogen (secondary N) is 1. The first-order valence-corrected chi connectivity index (χ1v) is 9.82. The Morgan fingerprint density at radius 3 is 2.89 bits per heavy atom. The molecule has 1 aliphatic heterocycles. The van der Waals surface area contributed by atoms with Gasteiger partial charge in [0.1, 0.15) is 16.5 Å². The van der Waals surface area contributed by atoms with E-state index in [2.05, 4.69) is 29.1 Å². The van der Waals surface area contributed by atoms with Crippen LogP contribution in [0.3, 0.4) is 0 Å². The molecule has 0 saturated heterocycles. The van der Waals surface area contributed by atoms with E-state index in [9.17, 15) is 4.79 Å². The fourth-order valence-electron chi connectivity index (χ4n) is 3.09. The SMILES string of the molecule is COC(=O)CCc1nc(NCc2ccc3c(c2)OCO3)c2c(C)c(C)sc2n1. The minimum Gasteiger partial charge on any atom is -0.469 e. The summed E-state index contributed by atoms with van der Waals surface area (Å²) in [6.45, 7) is 5.01. The lowest BCUT2D eigenvalue weighted by atomic mass is 10.1. The average Bonchev–Trinajstić information content (AvgIpc) is 3.28. The predicted octanol–water partition coefficient (Wildman–Crippen LogP) is 3.75. The molecule has 0 unspecified atom stereocenters. The van der Waals surface area contributed by atoms with E-state index in [0.29, 0.717) is 18.8 Å². The van der Waals surface area contributed by atoms with E-state index < -0.39 is 0 Å². The molecule has 1 aromatic carbocycles. The molecule has 1 aliphatic rings. The number of fused-ring (bicyclic) bond motifs is 2. The Morgan fingerprint density at radius 2 is 2.07 bits per heavy atom. The summed E-state index contributed by atoms with van der Waals surface area (Å²) in [5, 5.41) is 4.47. The molecule has 4 rings (SSSR count). The van der Waals surface area contributed by atoms with Crippen LogP contribution in [0.25, 0.3) is 10.2 Å². The zero-order valence-electron chi connectivity index (χ0n) is 16.0. The monoisotopic (exact) mass is 399 g/mol. The first kappa shape index (κ1) is 18.5. The first-order valence-electron chi connectivity index (χ1n) is 9.01. The summed E-state index contributed by atoms with van der Waals surface area (Å²) < 4.78 is 15.5. The standard InChI is InChI=1S/C20H21N3O4S/c1-11-12(2)28-20-18(11)19(22-16(23-20)6-7-17(24)25-3)21-9-13-4-5-14-15(8-13)27-10-26-14/h4-5,8H,6-7,9-10H2,1-3H3,(H,21,22,23). The van der Waals surface area contributed by atoms with Crippen LogP contribution in [0.4, 0.5) is 5.82 Å². The van der Waals surface area contributed by atoms with Crippen LogP contribution in [0.5, 0.6) is 11.5 Å². The summed E-state index contributed by atoms with van der Waals surface area (Å²) in [4.78, 5) is 23.0. The largest absolute Gasteiger partial charge is 0.469 e. The number of benzene rings is 1. The Morgan fingerprint density at radius 1 is 1.25 bits per heavy atom. The van der Waals surface area contributed by atoms with Crippen LogP contribution in [0.2, 0.25) is 0 Å². The number of aryl methyl sites for hydroxylation is 3. The third-order valence-electron chi connectivity index (χ3n) is 4.75. The maximum absolute atomic E-state index is 11.5. The highest BCUT2D eigenvalue weighted by molar-refractivity contribution is 7.18. The third kappa shape index (κ3) is 3.60. The van der Waals surface area contributed by atoms with Crippen LogP contribution >= 0.6 is 11.3 Å². The van der Waals surface area contributed by atoms with Gasteiger partial charge in [-0.25, -0.2) is 9.97 Å². The number of hydrogen-bond donors (Lipinski definition) is 1. The normalized spacial score (nSPS) is 12.4. The Balaban J connectivity index is 1.61. The van der Waals surface area contributed by atoms with Crippen LogP contribution in [0.1, 0.15) is 28.2 Å². The van der Waals surface area contributed by atoms with Crippen molar-refractivity contribution in [2.24, 2.45) is 0 Å². The van der Waals surface area contributed by atoms with Crippen LogP contribution in [0.15, 0.2) is 18.2 Å². The summed E-state index contributed by atoms with van der Waals surface area (Å²) >= 11 is 1.64. The molecular weight excluding hydrogens is 378 g/mol. The van der Waals surface area contributed by atoms with Crippen LogP contribution < -0.4 is 14.8 Å². The molecule has 1 N–H and O–H groups in total. The molecule has 0 amide bonds. The van der Waals surface area contributed by atoms with Gasteiger partial charge in [-0.15, -0.1) is 11.3 Å². The van der Waals surface area contributed by atoms with E-state index in [0.717, 1.165) is 33.1 Å². The summed E-state index contributed by atoms with van der Waals surface area (Å²) in [7, 11) is 1.39. The van der Waals surface area contributed by atoms with Crippen molar-refractivity contribution in [3.63, 3.8) is 0 Å². The van der Waals surface area contributed by atoms with E-state index in [1.807, 2.05) is 18.2 Å². The molecule has 2 aromatic heterocycles. The van der Waals surface area contributed by atoms with Gasteiger partial charge in [-0.3, -0.25) is 4.79 Å². The molecule has 0 fully saturated rings. The maximum atomic E-state index is 11.5. The lowest BCUT2D eigenvalue weighted by Crippen LogP contribution is -2.08. The van der Waals surface area contributed by atoms with Gasteiger partial charge in [0.25, 0.3) is 0 Å². The molecule has 3 heterocycles. The van der Waals surface area contributed by atoms with Gasteiger partial charge in [-0.05, 0) is 37.1 Å². The number of carbonyl (C=O) groups is 1. The van der Waals surface area contributed by atoms with Crippen LogP contribution in [-0.4, -0.2) is 29.8 Å². The number of carbonyl (C=O) groups excluding carboxylic acids is 1. The van der Waals surface area contributed by atoms with Gasteiger partial charge >= 0.3 is 5.97 Å². The fourth-order valence-corrected chi connectivity index (χ4v) is 4.13. The number of aromatic nitrogens is 2. The van der Waals surface area contributed by atoms with E-state index >= 15 is 0 Å². The molecule has 0 saturated carbocycles. The van der Waals surface area contributed by atoms with Gasteiger partial charge in [0, 0.05) is 17.8 Å². The number of hydrogen-bond acceptors (Lipinski definition) is 8. The maximum Gasteiger partial charge on any atom is 0.305 e. The number of methoxy groups -OCH3 is 1. The topological polar surface area (TPSA) is 82.6 Å². The van der Waals surface area contributed by atoms with E-state index in [1.54, 1.807) is 11.3 Å². The van der Waals surface area contributed by atoms with Crippen molar-refractivity contribution in [3.8, 4) is 11.5 Å². The Bertz CT molecular complexity index is 1050. The second kappa shape index (κ2) is 7.63. The van der Waals surface area contributed by atoms with Gasteiger partial charge < -0.3 is 19.5 Å². The molecule has 146 valence electrons. The van der Waals surface area contributed by atoms with Crippen LogP contribution in [-0.2, 0) is 22.5 Å². The highest BCUT2D eigenvalue weighted by Crippen LogP contribution is 2.35. The van der Waals surface area contributed by atoms with Crippen molar-refractivity contribution in [3.05, 3.63) is 40.0 Å². The average molecular weight is 399 g/mol. The Kier molecular flexibility index (Phi) is 5.04. The van der Waals surface area contributed by atoms with Gasteiger partial charge in [-0.2, -0.15) is 0 Å². The molecule has 7 nitrogen and oxygen atoms in total. The number of rotatable bonds is 6. The highest BCUT2D eigenvalue weighted by Gasteiger charge is 2.17. The number of thiophene rings is 1. The number of nitrogens with zero attached hydrogens (tertiary/aromatic N) is 2. The molecule has 28 heavy (non-hydrogen) atoms. The highest BCUT2D eigenvalue weighted by atomic mass is 32.1. The Labute approximate surface area is 166 Å². The molecule has 0 atom stereocenters. The summed E-state index contributed by atoms with van der Waals surface area (Å²) in [6.07, 6.45) is 0.699. The zero-order chi connectivity index (χ0) is 19.7. The molecule has 0 spiro atoms. The van der Waals surface area contributed by atoms with E-state index in [-0.39, 0.29) is 19.2 Å². The quantitative estimate of drug-likeness (QED) is 0.632. The Hall–Kier alpha value is -2.87. The van der Waals surface area contributed by atoms with Gasteiger partial charge in [0.15, 0.2) is 11.5 Å². The van der Waals surface area contributed by atoms with Crippen molar-refractivity contribution >= 4 is 33.3 Å². The first-order chi connectivity index (χ1) is 13.5. The van der Waals surface area contributed by atoms with Crippen molar-refractivity contribution in [1.82, 2.24) is 9.97 Å². The van der Waals surface area contributed by atoms with Crippen molar-refractivity contribution < 1.29 is 19.0 Å². The third-order valence-corrected chi connectivity index (χ3v) is 5.85.